The molecular weight excluding hydrogens is 394 g/mol. The van der Waals surface area contributed by atoms with Gasteiger partial charge < -0.3 is 9.47 Å². The van der Waals surface area contributed by atoms with Gasteiger partial charge in [0.2, 0.25) is 10.5 Å². The Morgan fingerprint density at radius 2 is 1.86 bits per heavy atom. The van der Waals surface area contributed by atoms with Crippen molar-refractivity contribution in [2.75, 3.05) is 6.61 Å². The molecule has 146 valence electrons. The van der Waals surface area contributed by atoms with Gasteiger partial charge in [-0.1, -0.05) is 85.2 Å². The quantitative estimate of drug-likeness (QED) is 0.463. The predicted octanol–water partition coefficient (Wildman–Crippen LogP) is 5.15. The molecule has 0 radical (unpaired) electrons. The first kappa shape index (κ1) is 19.5. The third kappa shape index (κ3) is 3.25. The van der Waals surface area contributed by atoms with Gasteiger partial charge >= 0.3 is 5.97 Å². The van der Waals surface area contributed by atoms with Crippen molar-refractivity contribution in [3.63, 3.8) is 0 Å². The van der Waals surface area contributed by atoms with Gasteiger partial charge in [-0.25, -0.2) is 9.79 Å². The molecule has 5 rings (SSSR count). The number of unbranched alkanes of at least 4 members (excludes halogenated alkanes) is 1. The Kier molecular flexibility index (Phi) is 5.50. The van der Waals surface area contributed by atoms with E-state index in [4.69, 9.17) is 21.1 Å². The van der Waals surface area contributed by atoms with Crippen molar-refractivity contribution in [2.45, 2.75) is 47.7 Å². The fourth-order valence-corrected chi connectivity index (χ4v) is 5.31. The molecule has 0 unspecified atom stereocenters. The first-order valence-corrected chi connectivity index (χ1v) is 10.7. The number of halogens is 1. The van der Waals surface area contributed by atoms with Crippen LogP contribution in [0.25, 0.3) is 0 Å². The fraction of sp³-hybridized carbons (Fsp3) is 0.364. The molecule has 0 spiro atoms. The maximum atomic E-state index is 13.1. The molecule has 1 saturated heterocycles. The molecular formula is C22H22ClNO3S. The maximum absolute atomic E-state index is 13.1. The van der Waals surface area contributed by atoms with Crippen molar-refractivity contribution in [2.24, 2.45) is 4.99 Å². The largest absolute Gasteiger partial charge is 0.441 e. The van der Waals surface area contributed by atoms with Gasteiger partial charge in [0.15, 0.2) is 5.17 Å². The smallest absolute Gasteiger partial charge is 0.346 e. The van der Waals surface area contributed by atoms with Crippen molar-refractivity contribution in [1.82, 2.24) is 0 Å². The number of esters is 1. The highest BCUT2D eigenvalue weighted by Crippen LogP contribution is 2.54. The third-order valence-electron chi connectivity index (χ3n) is 5.12. The molecule has 3 aliphatic rings. The molecule has 3 heterocycles. The van der Waals surface area contributed by atoms with Crippen molar-refractivity contribution in [3.05, 3.63) is 66.2 Å². The maximum Gasteiger partial charge on any atom is 0.346 e. The molecule has 0 amide bonds. The zero-order valence-corrected chi connectivity index (χ0v) is 17.2. The van der Waals surface area contributed by atoms with E-state index < -0.39 is 10.5 Å². The van der Waals surface area contributed by atoms with E-state index in [0.717, 1.165) is 23.3 Å². The summed E-state index contributed by atoms with van der Waals surface area (Å²) < 4.78 is 12.3. The first-order chi connectivity index (χ1) is 13.6. The highest BCUT2D eigenvalue weighted by atomic mass is 35.5. The van der Waals surface area contributed by atoms with E-state index in [1.807, 2.05) is 60.7 Å². The van der Waals surface area contributed by atoms with Crippen LogP contribution in [-0.2, 0) is 19.9 Å². The third-order valence-corrected chi connectivity index (χ3v) is 6.76. The lowest BCUT2D eigenvalue weighted by Crippen LogP contribution is -2.64. The molecule has 4 nitrogen and oxygen atoms in total. The Balaban J connectivity index is 1.76. The van der Waals surface area contributed by atoms with Crippen LogP contribution in [0.5, 0.6) is 0 Å². The zero-order chi connectivity index (χ0) is 19.6. The second-order valence-electron chi connectivity index (χ2n) is 7.01. The highest BCUT2D eigenvalue weighted by Gasteiger charge is 2.65. The summed E-state index contributed by atoms with van der Waals surface area (Å²) >= 11 is 8.08. The zero-order valence-electron chi connectivity index (χ0n) is 15.6. The predicted molar refractivity (Wildman–Crippen MR) is 112 cm³/mol. The second-order valence-corrected chi connectivity index (χ2v) is 8.72. The van der Waals surface area contributed by atoms with Gasteiger partial charge in [-0.05, 0) is 18.6 Å². The Morgan fingerprint density at radius 1 is 1.18 bits per heavy atom. The van der Waals surface area contributed by atoms with Crippen LogP contribution in [0.2, 0.25) is 0 Å². The molecule has 0 aromatic heterocycles. The minimum Gasteiger partial charge on any atom is -0.441 e. The number of hydrogen-bond acceptors (Lipinski definition) is 5. The Hall–Kier alpha value is -1.82. The van der Waals surface area contributed by atoms with Crippen LogP contribution in [0, 0.1) is 0 Å². The minimum absolute atomic E-state index is 0.273. The monoisotopic (exact) mass is 415 g/mol. The van der Waals surface area contributed by atoms with Crippen LogP contribution in [0.15, 0.2) is 70.6 Å². The summed E-state index contributed by atoms with van der Waals surface area (Å²) in [5.41, 5.74) is -0.385. The van der Waals surface area contributed by atoms with Crippen LogP contribution in [0.3, 0.4) is 0 Å². The lowest BCUT2D eigenvalue weighted by Gasteiger charge is -2.51. The van der Waals surface area contributed by atoms with Gasteiger partial charge in [-0.2, -0.15) is 0 Å². The van der Waals surface area contributed by atoms with Gasteiger partial charge in [-0.15, -0.1) is 0 Å². The van der Waals surface area contributed by atoms with Crippen LogP contribution in [0.1, 0.15) is 31.7 Å². The van der Waals surface area contributed by atoms with Crippen molar-refractivity contribution in [1.29, 1.82) is 0 Å². The van der Waals surface area contributed by atoms with E-state index in [1.165, 1.54) is 11.8 Å². The van der Waals surface area contributed by atoms with E-state index in [1.54, 1.807) is 0 Å². The number of nitrogens with zero attached hydrogens (tertiary/aromatic N) is 1. The molecule has 3 aliphatic heterocycles. The topological polar surface area (TPSA) is 47.9 Å². The number of carbonyl (C=O) groups is 1. The fourth-order valence-electron chi connectivity index (χ4n) is 3.66. The summed E-state index contributed by atoms with van der Waals surface area (Å²) in [7, 11) is 0. The lowest BCUT2D eigenvalue weighted by atomic mass is 9.80. The number of rotatable bonds is 7. The molecule has 0 saturated carbocycles. The SMILES string of the molecule is CCCCO[C@@H]1C[C@]2(Sc3ccccc3)N=C(Cl)[C@@]1(c1ccccc1)OC2=O. The summed E-state index contributed by atoms with van der Waals surface area (Å²) in [5.74, 6) is -0.370. The number of benzene rings is 2. The molecule has 0 aliphatic carbocycles. The minimum atomic E-state index is -1.17. The summed E-state index contributed by atoms with van der Waals surface area (Å²) in [6, 6.07) is 19.3. The average molecular weight is 416 g/mol. The van der Waals surface area contributed by atoms with E-state index >= 15 is 0 Å². The van der Waals surface area contributed by atoms with E-state index in [2.05, 4.69) is 11.9 Å². The van der Waals surface area contributed by atoms with Gasteiger partial charge in [0, 0.05) is 23.5 Å². The average Bonchev–Trinajstić information content (AvgIpc) is 2.71. The Morgan fingerprint density at radius 3 is 2.54 bits per heavy atom. The standard InChI is InChI=1S/C22H22ClNO3S/c1-2-3-14-26-18-15-21(28-17-12-8-5-9-13-17)20(25)27-22(18,19(23)24-21)16-10-6-4-7-11-16/h4-13,18H,2-3,14-15H2,1H3/t18-,21-,22+/m1/s1. The Labute approximate surface area is 174 Å². The molecule has 2 bridgehead atoms. The summed E-state index contributed by atoms with van der Waals surface area (Å²) in [6.45, 7) is 2.70. The van der Waals surface area contributed by atoms with E-state index in [9.17, 15) is 4.79 Å². The second kappa shape index (κ2) is 7.90. The van der Waals surface area contributed by atoms with Gasteiger partial charge in [0.05, 0.1) is 0 Å². The van der Waals surface area contributed by atoms with Gasteiger partial charge in [0.25, 0.3) is 0 Å². The Bertz CT molecular complexity index is 876. The molecule has 6 heteroatoms. The van der Waals surface area contributed by atoms with Crippen LogP contribution < -0.4 is 0 Å². The van der Waals surface area contributed by atoms with Crippen LogP contribution in [-0.4, -0.2) is 28.7 Å². The molecule has 2 aromatic rings. The number of aliphatic imine (C=N–C) groups is 1. The summed E-state index contributed by atoms with van der Waals surface area (Å²) in [6.07, 6.45) is 1.99. The molecule has 28 heavy (non-hydrogen) atoms. The normalized spacial score (nSPS) is 28.7. The number of carbonyl (C=O) groups excluding carboxylic acids is 1. The van der Waals surface area contributed by atoms with Crippen molar-refractivity contribution >= 4 is 34.5 Å². The number of hydrogen-bond donors (Lipinski definition) is 0. The van der Waals surface area contributed by atoms with E-state index in [0.29, 0.717) is 13.0 Å². The molecule has 1 fully saturated rings. The molecule has 0 N–H and O–H groups in total. The number of ether oxygens (including phenoxy) is 2. The van der Waals surface area contributed by atoms with Crippen molar-refractivity contribution in [3.8, 4) is 0 Å². The first-order valence-electron chi connectivity index (χ1n) is 9.51. The summed E-state index contributed by atoms with van der Waals surface area (Å²) in [5, 5.41) is 0.273. The van der Waals surface area contributed by atoms with Crippen LogP contribution in [0.4, 0.5) is 0 Å². The van der Waals surface area contributed by atoms with Crippen molar-refractivity contribution < 1.29 is 14.3 Å². The molecule has 3 atom stereocenters. The van der Waals surface area contributed by atoms with Gasteiger partial charge in [-0.3, -0.25) is 0 Å². The van der Waals surface area contributed by atoms with Crippen LogP contribution >= 0.6 is 23.4 Å². The summed E-state index contributed by atoms with van der Waals surface area (Å²) in [4.78, 5) is 17.6. The number of fused-ring (bicyclic) bond motifs is 2. The van der Waals surface area contributed by atoms with Gasteiger partial charge in [0.1, 0.15) is 6.10 Å². The number of thioether (sulfide) groups is 1. The molecule has 2 aromatic carbocycles. The lowest BCUT2D eigenvalue weighted by molar-refractivity contribution is -0.190. The van der Waals surface area contributed by atoms with E-state index in [-0.39, 0.29) is 17.2 Å². The highest BCUT2D eigenvalue weighted by molar-refractivity contribution is 8.01.